The maximum absolute atomic E-state index is 14.2. The van der Waals surface area contributed by atoms with Crippen LogP contribution in [0.1, 0.15) is 58.2 Å². The van der Waals surface area contributed by atoms with E-state index in [1.807, 2.05) is 6.92 Å². The van der Waals surface area contributed by atoms with Gasteiger partial charge in [-0.25, -0.2) is 25.1 Å². The summed E-state index contributed by atoms with van der Waals surface area (Å²) in [6.07, 6.45) is -1.81. The van der Waals surface area contributed by atoms with Gasteiger partial charge in [0.25, 0.3) is 0 Å². The van der Waals surface area contributed by atoms with Crippen LogP contribution in [0.15, 0.2) is 36.9 Å². The standard InChI is InChI=1S/C25H35F3N7O4P/c1-6-11-38-23(36)24(4,5)34-40(37,33-17(3)18-7-9-19(10-8-18)25(26,27)28)15-39-16(2)12-35-14-32-20-21(29)30-13-31-22(20)35/h7-10,13-14,16-17H,6,11-12,15H2,1-5H3,(H2,29,30,31)(H2,33,34,37)/t16-,17-,40?/m1/s1. The highest BCUT2D eigenvalue weighted by Gasteiger charge is 2.38. The second-order valence-electron chi connectivity index (χ2n) is 10.0. The number of hydrogen-bond acceptors (Lipinski definition) is 8. The van der Waals surface area contributed by atoms with Crippen LogP contribution >= 0.6 is 7.44 Å². The number of aromatic nitrogens is 4. The van der Waals surface area contributed by atoms with Crippen LogP contribution in [0.25, 0.3) is 11.2 Å². The molecule has 11 nitrogen and oxygen atoms in total. The van der Waals surface area contributed by atoms with Gasteiger partial charge < -0.3 is 19.8 Å². The summed E-state index contributed by atoms with van der Waals surface area (Å²) < 4.78 is 66.1. The van der Waals surface area contributed by atoms with Crippen LogP contribution in [0, 0.1) is 0 Å². The number of imidazole rings is 1. The molecule has 15 heteroatoms. The van der Waals surface area contributed by atoms with Crippen molar-refractivity contribution in [3.63, 3.8) is 0 Å². The fourth-order valence-electron chi connectivity index (χ4n) is 3.92. The molecule has 0 spiro atoms. The van der Waals surface area contributed by atoms with Gasteiger partial charge in [0.1, 0.15) is 23.7 Å². The molecule has 0 aliphatic heterocycles. The van der Waals surface area contributed by atoms with E-state index in [0.29, 0.717) is 29.7 Å². The third-order valence-electron chi connectivity index (χ3n) is 5.97. The zero-order valence-corrected chi connectivity index (χ0v) is 23.9. The van der Waals surface area contributed by atoms with Crippen molar-refractivity contribution in [3.8, 4) is 0 Å². The SMILES string of the molecule is CCCOC(=O)C(C)(C)NP(=O)(CO[C@H](C)Cn1cnc2c(N)ncnc21)N[C@H](C)c1ccc(C(F)(F)F)cc1. The summed E-state index contributed by atoms with van der Waals surface area (Å²) in [5.41, 5.74) is 5.12. The van der Waals surface area contributed by atoms with Gasteiger partial charge in [0, 0.05) is 6.04 Å². The Kier molecular flexibility index (Phi) is 9.94. The summed E-state index contributed by atoms with van der Waals surface area (Å²) in [6, 6.07) is 3.89. The Hall–Kier alpha value is -3.06. The number of halogens is 3. The van der Waals surface area contributed by atoms with Crippen LogP contribution < -0.4 is 15.9 Å². The van der Waals surface area contributed by atoms with Crippen LogP contribution in [0.4, 0.5) is 19.0 Å². The zero-order valence-electron chi connectivity index (χ0n) is 23.0. The van der Waals surface area contributed by atoms with Crippen molar-refractivity contribution in [3.05, 3.63) is 48.0 Å². The van der Waals surface area contributed by atoms with Gasteiger partial charge in [-0.15, -0.1) is 0 Å². The minimum Gasteiger partial charge on any atom is -0.464 e. The normalized spacial score (nSPS) is 15.5. The Morgan fingerprint density at radius 2 is 1.82 bits per heavy atom. The number of anilines is 1. The summed E-state index contributed by atoms with van der Waals surface area (Å²) in [7, 11) is -3.71. The van der Waals surface area contributed by atoms with Crippen molar-refractivity contribution >= 4 is 30.4 Å². The number of benzene rings is 1. The number of nitrogens with two attached hydrogens (primary N) is 1. The molecule has 0 aliphatic rings. The van der Waals surface area contributed by atoms with E-state index in [1.165, 1.54) is 32.3 Å². The predicted octanol–water partition coefficient (Wildman–Crippen LogP) is 4.66. The Bertz CT molecular complexity index is 1350. The van der Waals surface area contributed by atoms with Gasteiger partial charge in [-0.2, -0.15) is 13.2 Å². The third kappa shape index (κ3) is 8.00. The molecule has 0 bridgehead atoms. The number of nitrogens with zero attached hydrogens (tertiary/aromatic N) is 4. The molecule has 0 aliphatic carbocycles. The molecule has 1 unspecified atom stereocenters. The molecule has 0 saturated heterocycles. The topological polar surface area (TPSA) is 146 Å². The van der Waals surface area contributed by atoms with Crippen LogP contribution in [-0.4, -0.2) is 50.1 Å². The highest BCUT2D eigenvalue weighted by Crippen LogP contribution is 2.42. The molecule has 0 fully saturated rings. The first-order chi connectivity index (χ1) is 18.6. The number of hydrogen-bond donors (Lipinski definition) is 3. The minimum atomic E-state index is -4.47. The molecular formula is C25H35F3N7O4P. The first kappa shape index (κ1) is 31.5. The summed E-state index contributed by atoms with van der Waals surface area (Å²) in [6.45, 7) is 8.84. The van der Waals surface area contributed by atoms with Crippen LogP contribution in [0.3, 0.4) is 0 Å². The second kappa shape index (κ2) is 12.6. The van der Waals surface area contributed by atoms with E-state index in [0.717, 1.165) is 12.1 Å². The van der Waals surface area contributed by atoms with E-state index in [-0.39, 0.29) is 18.8 Å². The monoisotopic (exact) mass is 585 g/mol. The van der Waals surface area contributed by atoms with Gasteiger partial charge in [0.2, 0.25) is 7.44 Å². The quantitative estimate of drug-likeness (QED) is 0.191. The van der Waals surface area contributed by atoms with E-state index in [2.05, 4.69) is 25.1 Å². The number of esters is 1. The number of ether oxygens (including phenoxy) is 2. The van der Waals surface area contributed by atoms with Gasteiger partial charge in [-0.1, -0.05) is 19.1 Å². The maximum atomic E-state index is 14.2. The van der Waals surface area contributed by atoms with Crippen molar-refractivity contribution in [2.75, 3.05) is 18.7 Å². The van der Waals surface area contributed by atoms with Crippen molar-refractivity contribution in [1.82, 2.24) is 29.7 Å². The average Bonchev–Trinajstić information content (AvgIpc) is 3.29. The zero-order chi connectivity index (χ0) is 29.7. The lowest BCUT2D eigenvalue weighted by atomic mass is 10.1. The highest BCUT2D eigenvalue weighted by molar-refractivity contribution is 7.59. The Morgan fingerprint density at radius 3 is 2.45 bits per heavy atom. The summed E-state index contributed by atoms with van der Waals surface area (Å²) in [5, 5.41) is 5.84. The van der Waals surface area contributed by atoms with E-state index in [1.54, 1.807) is 24.7 Å². The molecule has 3 atom stereocenters. The van der Waals surface area contributed by atoms with Crippen LogP contribution in [-0.2, 0) is 31.6 Å². The van der Waals surface area contributed by atoms with Crippen molar-refractivity contribution in [1.29, 1.82) is 0 Å². The smallest absolute Gasteiger partial charge is 0.416 e. The van der Waals surface area contributed by atoms with Crippen molar-refractivity contribution < 1.29 is 32.0 Å². The van der Waals surface area contributed by atoms with Gasteiger partial charge in [-0.3, -0.25) is 9.36 Å². The number of alkyl halides is 3. The Morgan fingerprint density at radius 1 is 1.15 bits per heavy atom. The number of nitrogen functional groups attached to an aromatic ring is 1. The molecule has 0 saturated carbocycles. The van der Waals surface area contributed by atoms with E-state index in [4.69, 9.17) is 15.2 Å². The summed E-state index contributed by atoms with van der Waals surface area (Å²) >= 11 is 0. The molecule has 2 aromatic heterocycles. The number of carbonyl (C=O) groups is 1. The second-order valence-corrected chi connectivity index (χ2v) is 12.2. The molecule has 0 amide bonds. The Balaban J connectivity index is 1.78. The van der Waals surface area contributed by atoms with E-state index >= 15 is 0 Å². The molecule has 4 N–H and O–H groups in total. The Labute approximate surface area is 230 Å². The fourth-order valence-corrected chi connectivity index (χ4v) is 6.35. The lowest BCUT2D eigenvalue weighted by molar-refractivity contribution is -0.149. The number of rotatable bonds is 13. The lowest BCUT2D eigenvalue weighted by Crippen LogP contribution is -2.49. The molecule has 40 heavy (non-hydrogen) atoms. The first-order valence-electron chi connectivity index (χ1n) is 12.7. The number of carbonyl (C=O) groups excluding carboxylic acids is 1. The molecule has 3 aromatic rings. The molecule has 0 radical (unpaired) electrons. The van der Waals surface area contributed by atoms with Crippen LogP contribution in [0.5, 0.6) is 0 Å². The van der Waals surface area contributed by atoms with Crippen LogP contribution in [0.2, 0.25) is 0 Å². The maximum Gasteiger partial charge on any atom is 0.416 e. The van der Waals surface area contributed by atoms with Gasteiger partial charge in [0.15, 0.2) is 11.5 Å². The van der Waals surface area contributed by atoms with E-state index < -0.39 is 42.8 Å². The lowest BCUT2D eigenvalue weighted by Gasteiger charge is -2.33. The number of fused-ring (bicyclic) bond motifs is 1. The molecular weight excluding hydrogens is 550 g/mol. The third-order valence-corrected chi connectivity index (χ3v) is 8.21. The highest BCUT2D eigenvalue weighted by atomic mass is 31.2. The molecule has 2 heterocycles. The molecule has 1 aromatic carbocycles. The van der Waals surface area contributed by atoms with Crippen molar-refractivity contribution in [2.45, 2.75) is 71.4 Å². The minimum absolute atomic E-state index is 0.199. The summed E-state index contributed by atoms with van der Waals surface area (Å²) in [5.74, 6) is -0.363. The predicted molar refractivity (Wildman–Crippen MR) is 144 cm³/mol. The van der Waals surface area contributed by atoms with E-state index in [9.17, 15) is 22.5 Å². The average molecular weight is 586 g/mol. The molecule has 3 rings (SSSR count). The van der Waals surface area contributed by atoms with Gasteiger partial charge >= 0.3 is 12.1 Å². The largest absolute Gasteiger partial charge is 0.464 e. The van der Waals surface area contributed by atoms with Gasteiger partial charge in [0.05, 0.1) is 31.1 Å². The fraction of sp³-hybridized carbons (Fsp3) is 0.520. The first-order valence-corrected chi connectivity index (χ1v) is 14.6. The van der Waals surface area contributed by atoms with Crippen molar-refractivity contribution in [2.24, 2.45) is 0 Å². The number of nitrogens with one attached hydrogen (secondary N) is 2. The van der Waals surface area contributed by atoms with Gasteiger partial charge in [-0.05, 0) is 51.8 Å². The molecule has 220 valence electrons. The summed E-state index contributed by atoms with van der Waals surface area (Å²) in [4.78, 5) is 25.0.